The van der Waals surface area contributed by atoms with E-state index in [1.54, 1.807) is 36.2 Å². The highest BCUT2D eigenvalue weighted by Crippen LogP contribution is 2.18. The number of hydrogen-bond acceptors (Lipinski definition) is 2. The van der Waals surface area contributed by atoms with Crippen molar-refractivity contribution in [1.82, 2.24) is 0 Å². The van der Waals surface area contributed by atoms with Crippen molar-refractivity contribution in [2.45, 2.75) is 6.54 Å². The molecule has 2 nitrogen and oxygen atoms in total. The van der Waals surface area contributed by atoms with Gasteiger partial charge in [0.1, 0.15) is 18.2 Å². The largest absolute Gasteiger partial charge is 0.384 e. The van der Waals surface area contributed by atoms with Gasteiger partial charge in [0, 0.05) is 30.4 Å². The minimum Gasteiger partial charge on any atom is -0.384 e. The van der Waals surface area contributed by atoms with E-state index in [-0.39, 0.29) is 18.2 Å². The van der Waals surface area contributed by atoms with E-state index in [4.69, 9.17) is 5.11 Å². The third kappa shape index (κ3) is 4.04. The average molecular weight is 287 g/mol. The minimum atomic E-state index is -0.372. The highest BCUT2D eigenvalue weighted by molar-refractivity contribution is 5.47. The van der Waals surface area contributed by atoms with E-state index in [1.165, 1.54) is 18.2 Å². The van der Waals surface area contributed by atoms with Crippen LogP contribution in [0.4, 0.5) is 14.5 Å². The van der Waals surface area contributed by atoms with Gasteiger partial charge in [0.2, 0.25) is 0 Å². The maximum absolute atomic E-state index is 14.0. The third-order valence-corrected chi connectivity index (χ3v) is 3.02. The molecular formula is C17H15F2NO. The molecule has 0 bridgehead atoms. The number of aliphatic hydroxyl groups excluding tert-OH is 1. The number of anilines is 1. The van der Waals surface area contributed by atoms with E-state index in [0.717, 1.165) is 0 Å². The van der Waals surface area contributed by atoms with Crippen LogP contribution in [0.5, 0.6) is 0 Å². The Kier molecular flexibility index (Phi) is 4.91. The standard InChI is InChI=1S/C17H15F2NO/c1-20(16-6-2-5-15(18)11-16)12-14-8-7-13(4-3-9-21)10-17(14)19/h2,5-8,10-11,21H,9,12H2,1H3. The highest BCUT2D eigenvalue weighted by Gasteiger charge is 2.08. The van der Waals surface area contributed by atoms with Gasteiger partial charge >= 0.3 is 0 Å². The van der Waals surface area contributed by atoms with Gasteiger partial charge in [-0.1, -0.05) is 24.0 Å². The first-order valence-corrected chi connectivity index (χ1v) is 6.45. The summed E-state index contributed by atoms with van der Waals surface area (Å²) in [5.74, 6) is 4.43. The van der Waals surface area contributed by atoms with E-state index < -0.39 is 0 Å². The maximum Gasteiger partial charge on any atom is 0.129 e. The summed E-state index contributed by atoms with van der Waals surface area (Å²) in [6.07, 6.45) is 0. The van der Waals surface area contributed by atoms with Crippen molar-refractivity contribution >= 4 is 5.69 Å². The molecular weight excluding hydrogens is 272 g/mol. The molecule has 0 atom stereocenters. The molecule has 0 aliphatic heterocycles. The van der Waals surface area contributed by atoms with E-state index in [0.29, 0.717) is 23.4 Å². The highest BCUT2D eigenvalue weighted by atomic mass is 19.1. The Morgan fingerprint density at radius 3 is 2.62 bits per heavy atom. The van der Waals surface area contributed by atoms with Crippen LogP contribution >= 0.6 is 0 Å². The van der Waals surface area contributed by atoms with Crippen molar-refractivity contribution in [1.29, 1.82) is 0 Å². The van der Waals surface area contributed by atoms with Crippen LogP contribution in [0.3, 0.4) is 0 Å². The van der Waals surface area contributed by atoms with Crippen molar-refractivity contribution in [2.75, 3.05) is 18.6 Å². The summed E-state index contributed by atoms with van der Waals surface area (Å²) in [7, 11) is 1.77. The van der Waals surface area contributed by atoms with Crippen LogP contribution in [0.25, 0.3) is 0 Å². The Bertz CT molecular complexity index is 689. The van der Waals surface area contributed by atoms with Crippen LogP contribution in [0.2, 0.25) is 0 Å². The lowest BCUT2D eigenvalue weighted by molar-refractivity contribution is 0.350. The normalized spacial score (nSPS) is 9.90. The number of nitrogens with zero attached hydrogens (tertiary/aromatic N) is 1. The number of aliphatic hydroxyl groups is 1. The van der Waals surface area contributed by atoms with Crippen molar-refractivity contribution in [3.8, 4) is 11.8 Å². The third-order valence-electron chi connectivity index (χ3n) is 3.02. The molecule has 0 saturated carbocycles. The second kappa shape index (κ2) is 6.87. The second-order valence-corrected chi connectivity index (χ2v) is 4.60. The summed E-state index contributed by atoms with van der Waals surface area (Å²) in [6.45, 7) is 0.0642. The molecule has 2 aromatic rings. The van der Waals surface area contributed by atoms with Crippen LogP contribution in [-0.2, 0) is 6.54 Å². The number of hydrogen-bond donors (Lipinski definition) is 1. The number of benzene rings is 2. The van der Waals surface area contributed by atoms with Crippen molar-refractivity contribution in [2.24, 2.45) is 0 Å². The van der Waals surface area contributed by atoms with Gasteiger partial charge < -0.3 is 10.0 Å². The van der Waals surface area contributed by atoms with Crippen molar-refractivity contribution < 1.29 is 13.9 Å². The van der Waals surface area contributed by atoms with Gasteiger partial charge in [-0.15, -0.1) is 0 Å². The molecule has 0 fully saturated rings. The summed E-state index contributed by atoms with van der Waals surface area (Å²) in [5, 5.41) is 8.61. The smallest absolute Gasteiger partial charge is 0.129 e. The Balaban J connectivity index is 2.16. The first kappa shape index (κ1) is 15.0. The molecule has 0 saturated heterocycles. The molecule has 0 radical (unpaired) electrons. The molecule has 2 rings (SSSR count). The molecule has 0 aliphatic rings. The Labute approximate surface area is 122 Å². The lowest BCUT2D eigenvalue weighted by Crippen LogP contribution is -2.17. The number of halogens is 2. The van der Waals surface area contributed by atoms with Gasteiger partial charge in [0.05, 0.1) is 0 Å². The van der Waals surface area contributed by atoms with Gasteiger partial charge in [-0.05, 0) is 30.3 Å². The van der Waals surface area contributed by atoms with E-state index in [9.17, 15) is 8.78 Å². The molecule has 0 spiro atoms. The molecule has 1 N–H and O–H groups in total. The van der Waals surface area contributed by atoms with Gasteiger partial charge in [0.25, 0.3) is 0 Å². The first-order chi connectivity index (χ1) is 10.1. The summed E-state index contributed by atoms with van der Waals surface area (Å²) in [5.41, 5.74) is 1.69. The Morgan fingerprint density at radius 2 is 1.95 bits per heavy atom. The summed E-state index contributed by atoms with van der Waals surface area (Å²) in [6, 6.07) is 10.8. The molecule has 0 heterocycles. The van der Waals surface area contributed by atoms with E-state index >= 15 is 0 Å². The van der Waals surface area contributed by atoms with Crippen LogP contribution in [-0.4, -0.2) is 18.8 Å². The van der Waals surface area contributed by atoms with Crippen LogP contribution in [0, 0.1) is 23.5 Å². The fourth-order valence-corrected chi connectivity index (χ4v) is 1.96. The maximum atomic E-state index is 14.0. The molecule has 21 heavy (non-hydrogen) atoms. The van der Waals surface area contributed by atoms with Crippen LogP contribution < -0.4 is 4.90 Å². The van der Waals surface area contributed by atoms with Crippen LogP contribution in [0.1, 0.15) is 11.1 Å². The monoisotopic (exact) mass is 287 g/mol. The predicted octanol–water partition coefficient (Wildman–Crippen LogP) is 2.95. The quantitative estimate of drug-likeness (QED) is 0.877. The number of rotatable bonds is 3. The fourth-order valence-electron chi connectivity index (χ4n) is 1.96. The second-order valence-electron chi connectivity index (χ2n) is 4.60. The summed E-state index contributed by atoms with van der Waals surface area (Å²) in [4.78, 5) is 1.76. The fraction of sp³-hybridized carbons (Fsp3) is 0.176. The zero-order valence-corrected chi connectivity index (χ0v) is 11.6. The molecule has 0 amide bonds. The van der Waals surface area contributed by atoms with E-state index in [2.05, 4.69) is 11.8 Å². The molecule has 4 heteroatoms. The van der Waals surface area contributed by atoms with Gasteiger partial charge in [-0.25, -0.2) is 8.78 Å². The van der Waals surface area contributed by atoms with Crippen molar-refractivity contribution in [3.63, 3.8) is 0 Å². The van der Waals surface area contributed by atoms with Crippen LogP contribution in [0.15, 0.2) is 42.5 Å². The Hall–Kier alpha value is -2.38. The zero-order chi connectivity index (χ0) is 15.2. The first-order valence-electron chi connectivity index (χ1n) is 6.45. The van der Waals surface area contributed by atoms with Crippen molar-refractivity contribution in [3.05, 3.63) is 65.2 Å². The molecule has 0 aliphatic carbocycles. The van der Waals surface area contributed by atoms with E-state index in [1.807, 2.05) is 0 Å². The molecule has 0 aromatic heterocycles. The lowest BCUT2D eigenvalue weighted by atomic mass is 10.1. The Morgan fingerprint density at radius 1 is 1.14 bits per heavy atom. The predicted molar refractivity (Wildman–Crippen MR) is 78.9 cm³/mol. The lowest BCUT2D eigenvalue weighted by Gasteiger charge is -2.19. The zero-order valence-electron chi connectivity index (χ0n) is 11.6. The summed E-state index contributed by atoms with van der Waals surface area (Å²) >= 11 is 0. The topological polar surface area (TPSA) is 23.5 Å². The minimum absolute atomic E-state index is 0.258. The van der Waals surface area contributed by atoms with Gasteiger partial charge in [-0.2, -0.15) is 0 Å². The molecule has 108 valence electrons. The van der Waals surface area contributed by atoms with Gasteiger partial charge in [0.15, 0.2) is 0 Å². The average Bonchev–Trinajstić information content (AvgIpc) is 2.47. The van der Waals surface area contributed by atoms with Gasteiger partial charge in [-0.3, -0.25) is 0 Å². The molecule has 2 aromatic carbocycles. The SMILES string of the molecule is CN(Cc1ccc(C#CCO)cc1F)c1cccc(F)c1. The summed E-state index contributed by atoms with van der Waals surface area (Å²) < 4.78 is 27.2. The molecule has 0 unspecified atom stereocenters.